The van der Waals surface area contributed by atoms with Crippen molar-refractivity contribution in [1.29, 1.82) is 0 Å². The number of carbonyl (C=O) groups excluding carboxylic acids is 3. The fraction of sp³-hybridized carbons (Fsp3) is 0.143. The highest BCUT2D eigenvalue weighted by atomic mass is 79.9. The molecule has 0 unspecified atom stereocenters. The Hall–Kier alpha value is -3.04. The van der Waals surface area contributed by atoms with Gasteiger partial charge >= 0.3 is 0 Å². The fourth-order valence-electron chi connectivity index (χ4n) is 2.80. The summed E-state index contributed by atoms with van der Waals surface area (Å²) in [7, 11) is 0. The Balaban J connectivity index is 1.90. The predicted octanol–water partition coefficient (Wildman–Crippen LogP) is 1.97. The van der Waals surface area contributed by atoms with Crippen LogP contribution in [0.25, 0.3) is 6.08 Å². The molecule has 0 bridgehead atoms. The van der Waals surface area contributed by atoms with Crippen molar-refractivity contribution < 1.29 is 24.2 Å². The Bertz CT molecular complexity index is 1070. The van der Waals surface area contributed by atoms with E-state index < -0.39 is 24.4 Å². The molecule has 1 saturated heterocycles. The van der Waals surface area contributed by atoms with Gasteiger partial charge in [0.2, 0.25) is 0 Å². The molecule has 1 aliphatic rings. The first-order chi connectivity index (χ1) is 14.3. The van der Waals surface area contributed by atoms with Crippen molar-refractivity contribution in [3.63, 3.8) is 0 Å². The van der Waals surface area contributed by atoms with Gasteiger partial charge in [0.1, 0.15) is 17.9 Å². The number of carbonyl (C=O) groups is 3. The maximum Gasteiger partial charge on any atom is 0.270 e. The summed E-state index contributed by atoms with van der Waals surface area (Å²) in [6.45, 7) is 1.43. The van der Waals surface area contributed by atoms with Gasteiger partial charge in [-0.3, -0.25) is 19.8 Å². The number of thiocarbonyl (C=S) groups is 1. The number of halogens is 1. The molecule has 0 saturated carbocycles. The molecule has 0 atom stereocenters. The van der Waals surface area contributed by atoms with Gasteiger partial charge in [0.15, 0.2) is 5.11 Å². The number of benzene rings is 2. The van der Waals surface area contributed by atoms with E-state index in [0.717, 1.165) is 12.0 Å². The summed E-state index contributed by atoms with van der Waals surface area (Å²) in [6.07, 6.45) is 2.29. The van der Waals surface area contributed by atoms with Crippen LogP contribution in [-0.2, 0) is 20.8 Å². The molecule has 0 aliphatic carbocycles. The van der Waals surface area contributed by atoms with Gasteiger partial charge in [0.25, 0.3) is 11.8 Å². The normalized spacial score (nSPS) is 15.3. The Kier molecular flexibility index (Phi) is 6.63. The highest BCUT2D eigenvalue weighted by Gasteiger charge is 2.34. The number of rotatable bonds is 6. The topological polar surface area (TPSA) is 98.8 Å². The number of nitrogens with one attached hydrogen (secondary N) is 1. The van der Waals surface area contributed by atoms with Crippen LogP contribution >= 0.6 is 28.1 Å². The third-order valence-corrected chi connectivity index (χ3v) is 5.22. The molecule has 1 N–H and O–H groups in total. The van der Waals surface area contributed by atoms with Gasteiger partial charge < -0.3 is 14.6 Å². The SMILES string of the molecule is CCc1ccc(N2C(=O)/C(=C/c3ccc(OCC(=O)[O-])c(Br)c3)C(=O)NC2=S)cc1. The Morgan fingerprint density at radius 3 is 2.53 bits per heavy atom. The molecule has 1 fully saturated rings. The average molecular weight is 488 g/mol. The molecule has 3 rings (SSSR count). The van der Waals surface area contributed by atoms with Gasteiger partial charge in [0, 0.05) is 0 Å². The van der Waals surface area contributed by atoms with E-state index >= 15 is 0 Å². The van der Waals surface area contributed by atoms with Crippen LogP contribution in [0.4, 0.5) is 5.69 Å². The van der Waals surface area contributed by atoms with Crippen molar-refractivity contribution in [3.05, 3.63) is 63.6 Å². The number of aliphatic carboxylic acids is 1. The van der Waals surface area contributed by atoms with Crippen molar-refractivity contribution in [2.24, 2.45) is 0 Å². The molecule has 30 heavy (non-hydrogen) atoms. The first kappa shape index (κ1) is 21.7. The van der Waals surface area contributed by atoms with E-state index in [2.05, 4.69) is 21.2 Å². The lowest BCUT2D eigenvalue weighted by Crippen LogP contribution is -2.54. The number of anilines is 1. The van der Waals surface area contributed by atoms with Crippen molar-refractivity contribution in [2.75, 3.05) is 11.5 Å². The van der Waals surface area contributed by atoms with E-state index in [9.17, 15) is 19.5 Å². The van der Waals surface area contributed by atoms with E-state index in [1.165, 1.54) is 17.0 Å². The molecule has 0 radical (unpaired) electrons. The average Bonchev–Trinajstić information content (AvgIpc) is 2.70. The van der Waals surface area contributed by atoms with Crippen LogP contribution in [0.5, 0.6) is 5.75 Å². The highest BCUT2D eigenvalue weighted by Crippen LogP contribution is 2.28. The number of ether oxygens (including phenoxy) is 1. The van der Waals surface area contributed by atoms with Crippen molar-refractivity contribution in [2.45, 2.75) is 13.3 Å². The van der Waals surface area contributed by atoms with E-state index in [1.54, 1.807) is 24.3 Å². The van der Waals surface area contributed by atoms with Crippen LogP contribution in [0.3, 0.4) is 0 Å². The van der Waals surface area contributed by atoms with Gasteiger partial charge in [-0.2, -0.15) is 0 Å². The molecule has 2 aromatic carbocycles. The number of hydrogen-bond donors (Lipinski definition) is 1. The highest BCUT2D eigenvalue weighted by molar-refractivity contribution is 9.10. The molecular formula is C21H16BrN2O5S-. The van der Waals surface area contributed by atoms with Gasteiger partial charge in [-0.25, -0.2) is 0 Å². The number of hydrogen-bond acceptors (Lipinski definition) is 6. The van der Waals surface area contributed by atoms with Crippen LogP contribution in [0.2, 0.25) is 0 Å². The lowest BCUT2D eigenvalue weighted by Gasteiger charge is -2.29. The Morgan fingerprint density at radius 2 is 1.93 bits per heavy atom. The third-order valence-electron chi connectivity index (χ3n) is 4.32. The number of amides is 2. The summed E-state index contributed by atoms with van der Waals surface area (Å²) in [6, 6.07) is 12.1. The van der Waals surface area contributed by atoms with E-state index in [0.29, 0.717) is 21.5 Å². The van der Waals surface area contributed by atoms with Crippen LogP contribution in [0, 0.1) is 0 Å². The largest absolute Gasteiger partial charge is 0.546 e. The van der Waals surface area contributed by atoms with Crippen LogP contribution in [0.1, 0.15) is 18.1 Å². The van der Waals surface area contributed by atoms with Gasteiger partial charge in [-0.05, 0) is 76.0 Å². The second-order valence-electron chi connectivity index (χ2n) is 6.33. The number of aryl methyl sites for hydroxylation is 1. The summed E-state index contributed by atoms with van der Waals surface area (Å²) in [5.74, 6) is -2.19. The van der Waals surface area contributed by atoms with Crippen LogP contribution in [0.15, 0.2) is 52.5 Å². The molecule has 0 spiro atoms. The first-order valence-electron chi connectivity index (χ1n) is 8.92. The maximum absolute atomic E-state index is 13.0. The zero-order chi connectivity index (χ0) is 21.8. The Morgan fingerprint density at radius 1 is 1.23 bits per heavy atom. The number of nitrogens with zero attached hydrogens (tertiary/aromatic N) is 1. The van der Waals surface area contributed by atoms with Gasteiger partial charge in [-0.1, -0.05) is 25.1 Å². The lowest BCUT2D eigenvalue weighted by molar-refractivity contribution is -0.307. The summed E-state index contributed by atoms with van der Waals surface area (Å²) in [5, 5.41) is 13.1. The van der Waals surface area contributed by atoms with Crippen LogP contribution < -0.4 is 20.1 Å². The number of carboxylic acid groups (broad SMARTS) is 1. The van der Waals surface area contributed by atoms with Crippen molar-refractivity contribution in [3.8, 4) is 5.75 Å². The smallest absolute Gasteiger partial charge is 0.270 e. The minimum atomic E-state index is -1.35. The van der Waals surface area contributed by atoms with E-state index in [1.807, 2.05) is 19.1 Å². The Labute approximate surface area is 186 Å². The minimum Gasteiger partial charge on any atom is -0.546 e. The quantitative estimate of drug-likeness (QED) is 0.380. The van der Waals surface area contributed by atoms with Gasteiger partial charge in [0.05, 0.1) is 16.1 Å². The van der Waals surface area contributed by atoms with E-state index in [-0.39, 0.29) is 10.7 Å². The summed E-state index contributed by atoms with van der Waals surface area (Å²) < 4.78 is 5.55. The molecule has 154 valence electrons. The molecule has 7 nitrogen and oxygen atoms in total. The van der Waals surface area contributed by atoms with Gasteiger partial charge in [-0.15, -0.1) is 0 Å². The summed E-state index contributed by atoms with van der Waals surface area (Å²) in [4.78, 5) is 37.2. The third kappa shape index (κ3) is 4.74. The molecular weight excluding hydrogens is 472 g/mol. The molecule has 1 heterocycles. The second-order valence-corrected chi connectivity index (χ2v) is 7.57. The monoisotopic (exact) mass is 487 g/mol. The first-order valence-corrected chi connectivity index (χ1v) is 10.1. The standard InChI is InChI=1S/C21H17BrN2O5S/c1-2-12-3-6-14(7-4-12)24-20(28)15(19(27)23-21(24)30)9-13-5-8-17(16(22)10-13)29-11-18(25)26/h3-10H,2,11H2,1H3,(H,25,26)(H,23,27,30)/p-1/b15-9+. The molecule has 2 amide bonds. The van der Waals surface area contributed by atoms with Crippen molar-refractivity contribution >= 4 is 62.8 Å². The fourth-order valence-corrected chi connectivity index (χ4v) is 3.59. The molecule has 2 aromatic rings. The van der Waals surface area contributed by atoms with E-state index in [4.69, 9.17) is 17.0 Å². The second kappa shape index (κ2) is 9.19. The van der Waals surface area contributed by atoms with Crippen LogP contribution in [-0.4, -0.2) is 29.5 Å². The minimum absolute atomic E-state index is 0.0126. The zero-order valence-electron chi connectivity index (χ0n) is 15.8. The zero-order valence-corrected chi connectivity index (χ0v) is 18.2. The molecule has 0 aromatic heterocycles. The summed E-state index contributed by atoms with van der Waals surface area (Å²) >= 11 is 8.48. The maximum atomic E-state index is 13.0. The predicted molar refractivity (Wildman–Crippen MR) is 117 cm³/mol. The molecule has 1 aliphatic heterocycles. The molecule has 9 heteroatoms. The van der Waals surface area contributed by atoms with Crippen molar-refractivity contribution in [1.82, 2.24) is 5.32 Å². The lowest BCUT2D eigenvalue weighted by atomic mass is 10.1. The summed E-state index contributed by atoms with van der Waals surface area (Å²) in [5.41, 5.74) is 2.12. The number of carboxylic acids is 1.